The molecular formula is C17H15F3N4O. The van der Waals surface area contributed by atoms with Gasteiger partial charge in [0.15, 0.2) is 0 Å². The highest BCUT2D eigenvalue weighted by molar-refractivity contribution is 5.89. The van der Waals surface area contributed by atoms with Crippen molar-refractivity contribution in [3.63, 3.8) is 0 Å². The number of fused-ring (bicyclic) bond motifs is 1. The molecule has 3 N–H and O–H groups in total. The molecule has 0 saturated carbocycles. The maximum Gasteiger partial charge on any atom is 0.416 e. The zero-order chi connectivity index (χ0) is 17.9. The van der Waals surface area contributed by atoms with Gasteiger partial charge in [0, 0.05) is 18.7 Å². The number of amides is 2. The largest absolute Gasteiger partial charge is 0.416 e. The monoisotopic (exact) mass is 348 g/mol. The van der Waals surface area contributed by atoms with Crippen molar-refractivity contribution in [2.24, 2.45) is 0 Å². The second-order valence-electron chi connectivity index (χ2n) is 5.41. The highest BCUT2D eigenvalue weighted by Crippen LogP contribution is 2.30. The van der Waals surface area contributed by atoms with E-state index < -0.39 is 17.8 Å². The van der Waals surface area contributed by atoms with Gasteiger partial charge in [0.1, 0.15) is 5.82 Å². The van der Waals surface area contributed by atoms with E-state index in [9.17, 15) is 18.0 Å². The van der Waals surface area contributed by atoms with E-state index in [2.05, 4.69) is 20.6 Å². The van der Waals surface area contributed by atoms with Gasteiger partial charge in [-0.3, -0.25) is 0 Å². The van der Waals surface area contributed by atoms with Gasteiger partial charge in [-0.15, -0.1) is 0 Å². The summed E-state index contributed by atoms with van der Waals surface area (Å²) in [6, 6.07) is 11.5. The van der Waals surface area contributed by atoms with Crippen LogP contribution in [0.4, 0.5) is 23.7 Å². The number of alkyl halides is 3. The molecule has 8 heteroatoms. The van der Waals surface area contributed by atoms with Gasteiger partial charge in [-0.05, 0) is 30.3 Å². The lowest BCUT2D eigenvalue weighted by Gasteiger charge is -2.10. The Morgan fingerprint density at radius 1 is 1.12 bits per heavy atom. The number of H-pyrrole nitrogens is 1. The van der Waals surface area contributed by atoms with Crippen LogP contribution in [-0.2, 0) is 12.6 Å². The van der Waals surface area contributed by atoms with E-state index in [4.69, 9.17) is 0 Å². The van der Waals surface area contributed by atoms with E-state index in [0.29, 0.717) is 13.0 Å². The van der Waals surface area contributed by atoms with Gasteiger partial charge in [-0.1, -0.05) is 18.2 Å². The first-order valence-electron chi connectivity index (χ1n) is 7.57. The van der Waals surface area contributed by atoms with Gasteiger partial charge in [0.25, 0.3) is 0 Å². The molecule has 0 aliphatic rings. The van der Waals surface area contributed by atoms with Gasteiger partial charge in [-0.2, -0.15) is 13.2 Å². The number of hydrogen-bond donors (Lipinski definition) is 3. The minimum absolute atomic E-state index is 0.0797. The number of nitrogens with one attached hydrogen (secondary N) is 3. The number of hydrogen-bond acceptors (Lipinski definition) is 2. The number of urea groups is 1. The number of carbonyl (C=O) groups excluding carboxylic acids is 1. The Hall–Kier alpha value is -3.03. The van der Waals surface area contributed by atoms with Gasteiger partial charge in [0.2, 0.25) is 0 Å². The average molecular weight is 348 g/mol. The Balaban J connectivity index is 1.53. The molecule has 0 atom stereocenters. The number of aromatic amines is 1. The summed E-state index contributed by atoms with van der Waals surface area (Å²) in [5.41, 5.74) is 1.01. The highest BCUT2D eigenvalue weighted by atomic mass is 19.4. The summed E-state index contributed by atoms with van der Waals surface area (Å²) in [4.78, 5) is 19.3. The molecule has 0 bridgehead atoms. The predicted molar refractivity (Wildman–Crippen MR) is 88.3 cm³/mol. The minimum atomic E-state index is -4.45. The van der Waals surface area contributed by atoms with Crippen LogP contribution in [0, 0.1) is 0 Å². The fraction of sp³-hybridized carbons (Fsp3) is 0.176. The zero-order valence-electron chi connectivity index (χ0n) is 13.0. The van der Waals surface area contributed by atoms with Crippen LogP contribution in [0.2, 0.25) is 0 Å². The molecule has 0 radical (unpaired) electrons. The molecular weight excluding hydrogens is 333 g/mol. The first-order valence-corrected chi connectivity index (χ1v) is 7.57. The van der Waals surface area contributed by atoms with Crippen LogP contribution < -0.4 is 10.6 Å². The lowest BCUT2D eigenvalue weighted by Crippen LogP contribution is -2.30. The number of imidazole rings is 1. The summed E-state index contributed by atoms with van der Waals surface area (Å²) >= 11 is 0. The van der Waals surface area contributed by atoms with E-state index in [1.807, 2.05) is 24.3 Å². The normalized spacial score (nSPS) is 11.5. The topological polar surface area (TPSA) is 69.8 Å². The molecule has 25 heavy (non-hydrogen) atoms. The van der Waals surface area contributed by atoms with Crippen molar-refractivity contribution in [2.45, 2.75) is 12.6 Å². The summed E-state index contributed by atoms with van der Waals surface area (Å²) in [5, 5.41) is 4.98. The number of benzene rings is 2. The third-order valence-corrected chi connectivity index (χ3v) is 3.53. The van der Waals surface area contributed by atoms with Crippen molar-refractivity contribution in [1.82, 2.24) is 15.3 Å². The molecule has 5 nitrogen and oxygen atoms in total. The van der Waals surface area contributed by atoms with Crippen molar-refractivity contribution in [2.75, 3.05) is 11.9 Å². The van der Waals surface area contributed by atoms with Gasteiger partial charge in [0.05, 0.1) is 16.6 Å². The summed E-state index contributed by atoms with van der Waals surface area (Å²) in [5.74, 6) is 0.723. The van der Waals surface area contributed by atoms with Crippen LogP contribution in [0.5, 0.6) is 0 Å². The molecule has 1 aromatic heterocycles. The number of rotatable bonds is 4. The standard InChI is InChI=1S/C17H15F3N4O/c18-17(19,20)11-4-3-5-12(10-11)22-16(25)21-9-8-15-23-13-6-1-2-7-14(13)24-15/h1-7,10H,8-9H2,(H,23,24)(H2,21,22,25). The molecule has 0 spiro atoms. The number of anilines is 1. The van der Waals surface area contributed by atoms with Crippen LogP contribution in [0.3, 0.4) is 0 Å². The second kappa shape index (κ2) is 6.84. The Morgan fingerprint density at radius 2 is 1.92 bits per heavy atom. The van der Waals surface area contributed by atoms with Crippen molar-refractivity contribution < 1.29 is 18.0 Å². The number of nitrogens with zero attached hydrogens (tertiary/aromatic N) is 1. The maximum atomic E-state index is 12.6. The van der Waals surface area contributed by atoms with Gasteiger partial charge in [-0.25, -0.2) is 9.78 Å². The number of aromatic nitrogens is 2. The Labute approximate surface area is 141 Å². The molecule has 0 unspecified atom stereocenters. The highest BCUT2D eigenvalue weighted by Gasteiger charge is 2.30. The van der Waals surface area contributed by atoms with Crippen LogP contribution in [-0.4, -0.2) is 22.5 Å². The fourth-order valence-corrected chi connectivity index (χ4v) is 2.37. The molecule has 2 amide bonds. The fourth-order valence-electron chi connectivity index (χ4n) is 2.37. The van der Waals surface area contributed by atoms with Crippen LogP contribution in [0.25, 0.3) is 11.0 Å². The number of halogens is 3. The molecule has 3 aromatic rings. The summed E-state index contributed by atoms with van der Waals surface area (Å²) in [6.45, 7) is 0.296. The lowest BCUT2D eigenvalue weighted by molar-refractivity contribution is -0.137. The van der Waals surface area contributed by atoms with Crippen molar-refractivity contribution in [1.29, 1.82) is 0 Å². The molecule has 0 saturated heterocycles. The second-order valence-corrected chi connectivity index (χ2v) is 5.41. The minimum Gasteiger partial charge on any atom is -0.342 e. The zero-order valence-corrected chi connectivity index (χ0v) is 13.0. The summed E-state index contributed by atoms with van der Waals surface area (Å²) in [7, 11) is 0. The van der Waals surface area contributed by atoms with Crippen LogP contribution in [0.15, 0.2) is 48.5 Å². The third kappa shape index (κ3) is 4.28. The number of para-hydroxylation sites is 2. The first-order chi connectivity index (χ1) is 11.9. The SMILES string of the molecule is O=C(NCCc1nc2ccccc2[nH]1)Nc1cccc(C(F)(F)F)c1. The lowest BCUT2D eigenvalue weighted by atomic mass is 10.2. The molecule has 0 aliphatic carbocycles. The van der Waals surface area contributed by atoms with Crippen molar-refractivity contribution >= 4 is 22.8 Å². The van der Waals surface area contributed by atoms with Gasteiger partial charge >= 0.3 is 12.2 Å². The average Bonchev–Trinajstić information content (AvgIpc) is 2.97. The smallest absolute Gasteiger partial charge is 0.342 e. The van der Waals surface area contributed by atoms with Crippen LogP contribution in [0.1, 0.15) is 11.4 Å². The molecule has 2 aromatic carbocycles. The number of carbonyl (C=O) groups is 1. The van der Waals surface area contributed by atoms with E-state index in [1.54, 1.807) is 0 Å². The quantitative estimate of drug-likeness (QED) is 0.668. The molecule has 1 heterocycles. The van der Waals surface area contributed by atoms with Gasteiger partial charge < -0.3 is 15.6 Å². The first kappa shape index (κ1) is 16.8. The summed E-state index contributed by atoms with van der Waals surface area (Å²) < 4.78 is 37.9. The Morgan fingerprint density at radius 3 is 2.68 bits per heavy atom. The van der Waals surface area contributed by atoms with E-state index in [1.165, 1.54) is 12.1 Å². The molecule has 130 valence electrons. The third-order valence-electron chi connectivity index (χ3n) is 3.53. The van der Waals surface area contributed by atoms with E-state index in [0.717, 1.165) is 29.0 Å². The van der Waals surface area contributed by atoms with Crippen molar-refractivity contribution in [3.05, 3.63) is 59.9 Å². The predicted octanol–water partition coefficient (Wildman–Crippen LogP) is 3.95. The summed E-state index contributed by atoms with van der Waals surface area (Å²) in [6.07, 6.45) is -3.97. The molecule has 0 fully saturated rings. The molecule has 0 aliphatic heterocycles. The van der Waals surface area contributed by atoms with Crippen molar-refractivity contribution in [3.8, 4) is 0 Å². The Bertz CT molecular complexity index is 856. The van der Waals surface area contributed by atoms with E-state index in [-0.39, 0.29) is 5.69 Å². The Kier molecular flexibility index (Phi) is 4.60. The van der Waals surface area contributed by atoms with Crippen LogP contribution >= 0.6 is 0 Å². The maximum absolute atomic E-state index is 12.6. The molecule has 3 rings (SSSR count). The van der Waals surface area contributed by atoms with E-state index >= 15 is 0 Å².